The minimum absolute atomic E-state index is 0.0487. The van der Waals surface area contributed by atoms with Crippen LogP contribution >= 0.6 is 0 Å². The van der Waals surface area contributed by atoms with Gasteiger partial charge in [0, 0.05) is 6.42 Å². The number of rotatable bonds is 9. The molecule has 2 N–H and O–H groups in total. The zero-order valence-electron chi connectivity index (χ0n) is 20.4. The molecule has 1 fully saturated rings. The average molecular weight is 433 g/mol. The lowest BCUT2D eigenvalue weighted by Gasteiger charge is -2.39. The molecule has 176 valence electrons. The first-order valence-electron chi connectivity index (χ1n) is 12.4. The molecular formula is C25H44N4O2. The molecule has 0 bridgehead atoms. The zero-order valence-corrected chi connectivity index (χ0v) is 20.4. The fraction of sp³-hybridized carbons (Fsp3) is 0.880. The molecule has 6 heteroatoms. The average Bonchev–Trinajstić information content (AvgIpc) is 3.12. The van der Waals surface area contributed by atoms with Crippen LogP contribution in [-0.2, 0) is 9.53 Å². The van der Waals surface area contributed by atoms with Gasteiger partial charge in [-0.1, -0.05) is 51.9 Å². The number of esters is 1. The number of carbonyl (C=O) groups excluding carboxylic acids is 1. The van der Waals surface area contributed by atoms with Crippen molar-refractivity contribution in [2.24, 2.45) is 5.92 Å². The van der Waals surface area contributed by atoms with Gasteiger partial charge in [-0.15, -0.1) is 0 Å². The molecule has 3 heterocycles. The van der Waals surface area contributed by atoms with E-state index in [9.17, 15) is 4.79 Å². The van der Waals surface area contributed by atoms with Crippen LogP contribution < -0.4 is 10.6 Å². The van der Waals surface area contributed by atoms with Crippen LogP contribution in [0.25, 0.3) is 0 Å². The molecule has 5 atom stereocenters. The SMILES string of the molecule is CCCCCCCCC[C@@H]1C[C@@H]2CC[C@H]3[C@H](C(=O)OC(C)(C)C)[C@@H](C)NC(=[N+]23)N1.[C-]#N. The van der Waals surface area contributed by atoms with E-state index in [0.717, 1.165) is 6.42 Å². The maximum atomic E-state index is 12.9. The highest BCUT2D eigenvalue weighted by molar-refractivity contribution is 5.81. The molecular weight excluding hydrogens is 388 g/mol. The maximum absolute atomic E-state index is 12.9. The molecule has 0 aromatic carbocycles. The topological polar surface area (TPSA) is 77.2 Å². The van der Waals surface area contributed by atoms with Crippen molar-refractivity contribution in [1.82, 2.24) is 10.6 Å². The Bertz CT molecular complexity index is 637. The summed E-state index contributed by atoms with van der Waals surface area (Å²) in [5.41, 5.74) is -0.430. The van der Waals surface area contributed by atoms with Crippen LogP contribution in [0.3, 0.4) is 0 Å². The Balaban J connectivity index is 0.00000166. The first kappa shape index (κ1) is 25.5. The summed E-state index contributed by atoms with van der Waals surface area (Å²) in [5.74, 6) is 1.03. The first-order valence-corrected chi connectivity index (χ1v) is 12.4. The summed E-state index contributed by atoms with van der Waals surface area (Å²) in [4.78, 5) is 12.9. The van der Waals surface area contributed by atoms with Gasteiger partial charge in [0.05, 0.1) is 24.2 Å². The summed E-state index contributed by atoms with van der Waals surface area (Å²) < 4.78 is 8.25. The van der Waals surface area contributed by atoms with Gasteiger partial charge in [-0.3, -0.25) is 20.0 Å². The molecule has 0 aromatic rings. The minimum atomic E-state index is -0.430. The van der Waals surface area contributed by atoms with Gasteiger partial charge in [-0.05, 0) is 47.0 Å². The van der Waals surface area contributed by atoms with Gasteiger partial charge in [-0.2, -0.15) is 0 Å². The fourth-order valence-corrected chi connectivity index (χ4v) is 5.52. The largest absolute Gasteiger partial charge is 0.512 e. The van der Waals surface area contributed by atoms with E-state index in [4.69, 9.17) is 16.6 Å². The number of unbranched alkanes of at least 4 members (excludes halogenated alkanes) is 6. The van der Waals surface area contributed by atoms with Crippen molar-refractivity contribution in [1.29, 1.82) is 5.26 Å². The lowest BCUT2D eigenvalue weighted by atomic mass is 9.89. The molecule has 6 nitrogen and oxygen atoms in total. The standard InChI is InChI=1S/C24H43N3O2.CN/c1-6-7-8-9-10-11-12-13-18-16-19-14-15-20-21(22(28)29-24(3,4)5)17(2)25-23(26-18)27(19)20;1-2/h17-21H,6-16H2,1-5H3,(H,25,26);/q;-1/p+1/t17-,18-,19+,20+,21-;/m1./s1. The third-order valence-corrected chi connectivity index (χ3v) is 6.85. The van der Waals surface area contributed by atoms with Gasteiger partial charge in [0.15, 0.2) is 0 Å². The van der Waals surface area contributed by atoms with Crippen molar-refractivity contribution in [3.8, 4) is 0 Å². The van der Waals surface area contributed by atoms with Crippen LogP contribution in [0.5, 0.6) is 0 Å². The van der Waals surface area contributed by atoms with Gasteiger partial charge in [0.2, 0.25) is 0 Å². The van der Waals surface area contributed by atoms with E-state index in [1.165, 1.54) is 70.2 Å². The summed E-state index contributed by atoms with van der Waals surface area (Å²) in [6.45, 7) is 15.0. The van der Waals surface area contributed by atoms with Crippen LogP contribution in [0.2, 0.25) is 0 Å². The Morgan fingerprint density at radius 1 is 1.10 bits per heavy atom. The lowest BCUT2D eigenvalue weighted by molar-refractivity contribution is -0.598. The van der Waals surface area contributed by atoms with Crippen molar-refractivity contribution < 1.29 is 14.1 Å². The van der Waals surface area contributed by atoms with E-state index < -0.39 is 5.60 Å². The molecule has 3 aliphatic rings. The highest BCUT2D eigenvalue weighted by Crippen LogP contribution is 2.35. The van der Waals surface area contributed by atoms with E-state index in [2.05, 4.69) is 29.1 Å². The van der Waals surface area contributed by atoms with E-state index in [1.807, 2.05) is 20.8 Å². The Kier molecular flexibility index (Phi) is 9.65. The maximum Gasteiger partial charge on any atom is 0.346 e. The van der Waals surface area contributed by atoms with Crippen molar-refractivity contribution in [2.75, 3.05) is 0 Å². The number of hydrogen-bond acceptors (Lipinski definition) is 5. The first-order chi connectivity index (χ1) is 14.8. The summed E-state index contributed by atoms with van der Waals surface area (Å²) in [5, 5.41) is 13.7. The Morgan fingerprint density at radius 3 is 2.39 bits per heavy atom. The van der Waals surface area contributed by atoms with E-state index in [1.54, 1.807) is 0 Å². The van der Waals surface area contributed by atoms with Crippen molar-refractivity contribution in [2.45, 2.75) is 135 Å². The van der Waals surface area contributed by atoms with Crippen LogP contribution in [-0.4, -0.2) is 46.3 Å². The van der Waals surface area contributed by atoms with Gasteiger partial charge in [0.25, 0.3) is 0 Å². The van der Waals surface area contributed by atoms with Crippen molar-refractivity contribution in [3.63, 3.8) is 0 Å². The molecule has 3 rings (SSSR count). The molecule has 0 amide bonds. The second-order valence-electron chi connectivity index (χ2n) is 10.5. The molecule has 0 saturated carbocycles. The molecule has 0 spiro atoms. The summed E-state index contributed by atoms with van der Waals surface area (Å²) >= 11 is 0. The van der Waals surface area contributed by atoms with Crippen molar-refractivity contribution >= 4 is 11.9 Å². The van der Waals surface area contributed by atoms with Crippen LogP contribution in [0.4, 0.5) is 0 Å². The number of nitrogens with one attached hydrogen (secondary N) is 2. The fourth-order valence-electron chi connectivity index (χ4n) is 5.52. The summed E-state index contributed by atoms with van der Waals surface area (Å²) in [7, 11) is 0. The quantitative estimate of drug-likeness (QED) is 0.244. The van der Waals surface area contributed by atoms with Gasteiger partial charge in [0.1, 0.15) is 11.5 Å². The van der Waals surface area contributed by atoms with Gasteiger partial charge < -0.3 is 16.6 Å². The third kappa shape index (κ3) is 6.85. The normalized spacial score (nSPS) is 29.2. The molecule has 3 aliphatic heterocycles. The van der Waals surface area contributed by atoms with Gasteiger partial charge in [-0.25, -0.2) is 0 Å². The summed E-state index contributed by atoms with van der Waals surface area (Å²) in [6, 6.07) is 1.51. The third-order valence-electron chi connectivity index (χ3n) is 6.85. The second kappa shape index (κ2) is 11.7. The summed E-state index contributed by atoms with van der Waals surface area (Å²) in [6.07, 6.45) is 14.3. The van der Waals surface area contributed by atoms with Gasteiger partial charge >= 0.3 is 11.9 Å². The van der Waals surface area contributed by atoms with Crippen LogP contribution in [0.1, 0.15) is 105 Å². The number of guanidine groups is 1. The highest BCUT2D eigenvalue weighted by Gasteiger charge is 2.53. The molecule has 0 aromatic heterocycles. The minimum Gasteiger partial charge on any atom is -0.512 e. The molecule has 31 heavy (non-hydrogen) atoms. The Labute approximate surface area is 189 Å². The number of carbonyl (C=O) groups is 1. The van der Waals surface area contributed by atoms with Crippen LogP contribution in [0.15, 0.2) is 0 Å². The van der Waals surface area contributed by atoms with Crippen LogP contribution in [0, 0.1) is 17.8 Å². The molecule has 1 saturated heterocycles. The van der Waals surface area contributed by atoms with Crippen molar-refractivity contribution in [3.05, 3.63) is 6.57 Å². The Hall–Kier alpha value is -1.77. The number of hydrogen-bond donors (Lipinski definition) is 2. The second-order valence-corrected chi connectivity index (χ2v) is 10.5. The van der Waals surface area contributed by atoms with E-state index >= 15 is 0 Å². The predicted molar refractivity (Wildman–Crippen MR) is 123 cm³/mol. The highest BCUT2D eigenvalue weighted by atomic mass is 16.6. The molecule has 0 unspecified atom stereocenters. The molecule has 0 aliphatic carbocycles. The number of ether oxygens (including phenoxy) is 1. The van der Waals surface area contributed by atoms with E-state index in [0.29, 0.717) is 12.1 Å². The van der Waals surface area contributed by atoms with E-state index in [-0.39, 0.29) is 24.0 Å². The zero-order chi connectivity index (χ0) is 23.0. The molecule has 0 radical (unpaired) electrons. The monoisotopic (exact) mass is 432 g/mol. The lowest BCUT2D eigenvalue weighted by Crippen LogP contribution is -2.66. The number of nitrogens with zero attached hydrogens (tertiary/aromatic N) is 2. The predicted octanol–water partition coefficient (Wildman–Crippen LogP) is 4.43. The smallest absolute Gasteiger partial charge is 0.346 e. The Morgan fingerprint density at radius 2 is 1.74 bits per heavy atom.